The van der Waals surface area contributed by atoms with Gasteiger partial charge in [-0.1, -0.05) is 0 Å². The molecule has 2 aromatic rings. The monoisotopic (exact) mass is 296 g/mol. The minimum atomic E-state index is -0.649. The highest BCUT2D eigenvalue weighted by atomic mass is 32.1. The predicted molar refractivity (Wildman–Crippen MR) is 74.6 cm³/mol. The first-order valence-corrected chi connectivity index (χ1v) is 6.82. The van der Waals surface area contributed by atoms with Crippen molar-refractivity contribution < 1.29 is 13.6 Å². The van der Waals surface area contributed by atoms with E-state index in [-0.39, 0.29) is 17.9 Å². The van der Waals surface area contributed by atoms with Crippen molar-refractivity contribution >= 4 is 17.2 Å². The van der Waals surface area contributed by atoms with Crippen LogP contribution < -0.4 is 0 Å². The number of aryl methyl sites for hydroxylation is 1. The molecule has 0 aliphatic carbocycles. The summed E-state index contributed by atoms with van der Waals surface area (Å²) >= 11 is 1.35. The van der Waals surface area contributed by atoms with Crippen molar-refractivity contribution in [2.45, 2.75) is 13.3 Å². The second kappa shape index (κ2) is 5.66. The van der Waals surface area contributed by atoms with E-state index in [4.69, 9.17) is 0 Å². The Morgan fingerprint density at radius 3 is 2.65 bits per heavy atom. The second-order valence-corrected chi connectivity index (χ2v) is 5.89. The van der Waals surface area contributed by atoms with Crippen LogP contribution in [-0.4, -0.2) is 29.9 Å². The van der Waals surface area contributed by atoms with E-state index in [2.05, 4.69) is 4.98 Å². The number of aromatic nitrogens is 1. The lowest BCUT2D eigenvalue weighted by Gasteiger charge is -2.07. The summed E-state index contributed by atoms with van der Waals surface area (Å²) in [6.07, 6.45) is 0.182. The quantitative estimate of drug-likeness (QED) is 0.872. The summed E-state index contributed by atoms with van der Waals surface area (Å²) in [5.74, 6) is -1.34. The molecule has 1 aromatic carbocycles. The van der Waals surface area contributed by atoms with E-state index < -0.39 is 11.6 Å². The van der Waals surface area contributed by atoms with Crippen molar-refractivity contribution in [3.63, 3.8) is 0 Å². The Bertz CT molecular complexity index is 653. The molecule has 1 aromatic heterocycles. The van der Waals surface area contributed by atoms with Gasteiger partial charge in [0.1, 0.15) is 16.6 Å². The van der Waals surface area contributed by atoms with E-state index in [1.54, 1.807) is 21.0 Å². The zero-order valence-corrected chi connectivity index (χ0v) is 12.2. The molecule has 1 heterocycles. The number of thiazole rings is 1. The van der Waals surface area contributed by atoms with E-state index >= 15 is 0 Å². The molecule has 0 saturated carbocycles. The van der Waals surface area contributed by atoms with Gasteiger partial charge in [0.2, 0.25) is 5.91 Å². The number of rotatable bonds is 3. The molecule has 0 radical (unpaired) electrons. The number of carbonyl (C=O) groups is 1. The number of halogens is 2. The van der Waals surface area contributed by atoms with Crippen LogP contribution in [0.15, 0.2) is 18.2 Å². The number of hydrogen-bond acceptors (Lipinski definition) is 3. The molecule has 3 nitrogen and oxygen atoms in total. The van der Waals surface area contributed by atoms with Gasteiger partial charge < -0.3 is 4.90 Å². The highest BCUT2D eigenvalue weighted by Gasteiger charge is 2.16. The normalized spacial score (nSPS) is 10.7. The molecule has 0 spiro atoms. The average molecular weight is 296 g/mol. The number of benzene rings is 1. The third-order valence-corrected chi connectivity index (χ3v) is 3.80. The molecular weight excluding hydrogens is 282 g/mol. The van der Waals surface area contributed by atoms with Gasteiger partial charge in [0.25, 0.3) is 0 Å². The van der Waals surface area contributed by atoms with Crippen LogP contribution in [0.1, 0.15) is 9.88 Å². The predicted octanol–water partition coefficient (Wildman–Crippen LogP) is 3.03. The fourth-order valence-corrected chi connectivity index (χ4v) is 2.68. The molecule has 106 valence electrons. The highest BCUT2D eigenvalue weighted by molar-refractivity contribution is 7.12. The highest BCUT2D eigenvalue weighted by Crippen LogP contribution is 2.30. The number of hydrogen-bond donors (Lipinski definition) is 0. The summed E-state index contributed by atoms with van der Waals surface area (Å²) in [4.78, 5) is 18.2. The van der Waals surface area contributed by atoms with Crippen LogP contribution in [0.4, 0.5) is 8.78 Å². The van der Waals surface area contributed by atoms with E-state index in [1.807, 2.05) is 0 Å². The Labute approximate surface area is 119 Å². The van der Waals surface area contributed by atoms with Crippen LogP contribution in [0.3, 0.4) is 0 Å². The van der Waals surface area contributed by atoms with Crippen molar-refractivity contribution in [1.82, 2.24) is 9.88 Å². The van der Waals surface area contributed by atoms with Crippen LogP contribution in [0.5, 0.6) is 0 Å². The van der Waals surface area contributed by atoms with E-state index in [1.165, 1.54) is 28.4 Å². The second-order valence-electron chi connectivity index (χ2n) is 4.60. The van der Waals surface area contributed by atoms with Crippen molar-refractivity contribution in [2.24, 2.45) is 0 Å². The number of likely N-dealkylation sites (N-methyl/N-ethyl adjacent to an activating group) is 1. The van der Waals surface area contributed by atoms with Crippen LogP contribution in [0, 0.1) is 18.6 Å². The van der Waals surface area contributed by atoms with Crippen molar-refractivity contribution in [3.05, 3.63) is 39.7 Å². The molecule has 0 unspecified atom stereocenters. The SMILES string of the molecule is Cc1sc(CC(=O)N(C)C)nc1-c1ccc(F)cc1F. The molecular formula is C14H14F2N2OS. The molecule has 0 atom stereocenters. The topological polar surface area (TPSA) is 33.2 Å². The fourth-order valence-electron chi connectivity index (χ4n) is 1.75. The van der Waals surface area contributed by atoms with Crippen LogP contribution in [0.25, 0.3) is 11.3 Å². The van der Waals surface area contributed by atoms with E-state index in [0.29, 0.717) is 10.7 Å². The van der Waals surface area contributed by atoms with Gasteiger partial charge in [-0.25, -0.2) is 13.8 Å². The molecule has 0 aliphatic heterocycles. The first kappa shape index (κ1) is 14.6. The Balaban J connectivity index is 2.34. The summed E-state index contributed by atoms with van der Waals surface area (Å²) in [5, 5.41) is 0.625. The fraction of sp³-hybridized carbons (Fsp3) is 0.286. The summed E-state index contributed by atoms with van der Waals surface area (Å²) < 4.78 is 26.7. The molecule has 0 aliphatic rings. The van der Waals surface area contributed by atoms with E-state index in [9.17, 15) is 13.6 Å². The Hall–Kier alpha value is -1.82. The van der Waals surface area contributed by atoms with Crippen molar-refractivity contribution in [3.8, 4) is 11.3 Å². The lowest BCUT2D eigenvalue weighted by molar-refractivity contribution is -0.127. The van der Waals surface area contributed by atoms with Gasteiger partial charge in [-0.15, -0.1) is 11.3 Å². The maximum absolute atomic E-state index is 13.8. The summed E-state index contributed by atoms with van der Waals surface area (Å²) in [7, 11) is 3.34. The zero-order chi connectivity index (χ0) is 14.9. The number of carbonyl (C=O) groups excluding carboxylic acids is 1. The van der Waals surface area contributed by atoms with Gasteiger partial charge in [0.05, 0.1) is 12.1 Å². The van der Waals surface area contributed by atoms with Gasteiger partial charge in [0, 0.05) is 30.6 Å². The molecule has 20 heavy (non-hydrogen) atoms. The lowest BCUT2D eigenvalue weighted by Crippen LogP contribution is -2.23. The minimum absolute atomic E-state index is 0.0649. The molecule has 6 heteroatoms. The molecule has 0 bridgehead atoms. The first-order valence-electron chi connectivity index (χ1n) is 6.00. The number of amides is 1. The first-order chi connectivity index (χ1) is 9.38. The van der Waals surface area contributed by atoms with Gasteiger partial charge in [-0.05, 0) is 19.1 Å². The number of nitrogens with zero attached hydrogens (tertiary/aromatic N) is 2. The van der Waals surface area contributed by atoms with Crippen LogP contribution in [-0.2, 0) is 11.2 Å². The largest absolute Gasteiger partial charge is 0.348 e. The molecule has 1 amide bonds. The van der Waals surface area contributed by atoms with Crippen molar-refractivity contribution in [1.29, 1.82) is 0 Å². The smallest absolute Gasteiger partial charge is 0.228 e. The standard InChI is InChI=1S/C14H14F2N2OS/c1-8-14(10-5-4-9(15)6-11(10)16)17-12(20-8)7-13(19)18(2)3/h4-6H,7H2,1-3H3. The molecule has 0 saturated heterocycles. The summed E-state index contributed by atoms with van der Waals surface area (Å²) in [5.41, 5.74) is 0.720. The maximum Gasteiger partial charge on any atom is 0.228 e. The average Bonchev–Trinajstić information content (AvgIpc) is 2.70. The third kappa shape index (κ3) is 3.01. The maximum atomic E-state index is 13.8. The van der Waals surface area contributed by atoms with Crippen LogP contribution >= 0.6 is 11.3 Å². The van der Waals surface area contributed by atoms with Gasteiger partial charge in [0.15, 0.2) is 0 Å². The van der Waals surface area contributed by atoms with Gasteiger partial charge >= 0.3 is 0 Å². The lowest BCUT2D eigenvalue weighted by atomic mass is 10.1. The summed E-state index contributed by atoms with van der Waals surface area (Å²) in [6.45, 7) is 1.80. The Morgan fingerprint density at radius 2 is 2.05 bits per heavy atom. The Morgan fingerprint density at radius 1 is 1.35 bits per heavy atom. The minimum Gasteiger partial charge on any atom is -0.348 e. The van der Waals surface area contributed by atoms with Gasteiger partial charge in [-0.2, -0.15) is 0 Å². The molecule has 2 rings (SSSR count). The van der Waals surface area contributed by atoms with Crippen molar-refractivity contribution in [2.75, 3.05) is 14.1 Å². The van der Waals surface area contributed by atoms with Gasteiger partial charge in [-0.3, -0.25) is 4.79 Å². The third-order valence-electron chi connectivity index (χ3n) is 2.83. The zero-order valence-electron chi connectivity index (χ0n) is 11.4. The Kier molecular flexibility index (Phi) is 4.13. The molecule has 0 N–H and O–H groups in total. The molecule has 0 fully saturated rings. The van der Waals surface area contributed by atoms with Crippen LogP contribution in [0.2, 0.25) is 0 Å². The van der Waals surface area contributed by atoms with E-state index in [0.717, 1.165) is 10.9 Å². The summed E-state index contributed by atoms with van der Waals surface area (Å²) in [6, 6.07) is 3.39.